The van der Waals surface area contributed by atoms with Crippen LogP contribution in [0.1, 0.15) is 51.3 Å². The molecule has 0 unspecified atom stereocenters. The minimum Gasteiger partial charge on any atom is -0.465 e. The summed E-state index contributed by atoms with van der Waals surface area (Å²) in [4.78, 5) is 36.6. The first-order valence-electron chi connectivity index (χ1n) is 8.79. The molecule has 0 aliphatic heterocycles. The maximum Gasteiger partial charge on any atom is 0.339 e. The van der Waals surface area contributed by atoms with Gasteiger partial charge in [0.2, 0.25) is 0 Å². The van der Waals surface area contributed by atoms with Crippen LogP contribution in [0, 0.1) is 5.92 Å². The molecule has 0 aromatic heterocycles. The molecule has 0 fully saturated rings. The molecule has 0 bridgehead atoms. The Morgan fingerprint density at radius 1 is 0.963 bits per heavy atom. The van der Waals surface area contributed by atoms with Gasteiger partial charge in [0.15, 0.2) is 0 Å². The molecule has 0 saturated carbocycles. The van der Waals surface area contributed by atoms with Crippen LogP contribution in [0.15, 0.2) is 48.5 Å². The van der Waals surface area contributed by atoms with Gasteiger partial charge in [-0.2, -0.15) is 0 Å². The fourth-order valence-corrected chi connectivity index (χ4v) is 2.45. The van der Waals surface area contributed by atoms with Gasteiger partial charge in [-0.15, -0.1) is 0 Å². The predicted molar refractivity (Wildman–Crippen MR) is 104 cm³/mol. The Morgan fingerprint density at radius 3 is 2.30 bits per heavy atom. The van der Waals surface area contributed by atoms with Crippen molar-refractivity contribution in [2.75, 3.05) is 19.0 Å². The highest BCUT2D eigenvalue weighted by Gasteiger charge is 2.15. The van der Waals surface area contributed by atoms with Crippen molar-refractivity contribution in [3.8, 4) is 0 Å². The number of nitrogens with one attached hydrogen (secondary N) is 2. The molecule has 27 heavy (non-hydrogen) atoms. The van der Waals surface area contributed by atoms with E-state index in [0.717, 1.165) is 6.42 Å². The first-order chi connectivity index (χ1) is 12.9. The highest BCUT2D eigenvalue weighted by Crippen LogP contribution is 2.17. The number of amides is 2. The molecule has 0 aliphatic rings. The number of carbonyl (C=O) groups excluding carboxylic acids is 3. The molecule has 0 heterocycles. The van der Waals surface area contributed by atoms with Crippen molar-refractivity contribution in [3.05, 3.63) is 65.2 Å². The average molecular weight is 368 g/mol. The van der Waals surface area contributed by atoms with E-state index in [1.54, 1.807) is 42.5 Å². The number of anilines is 1. The maximum atomic E-state index is 12.6. The van der Waals surface area contributed by atoms with E-state index in [1.807, 2.05) is 0 Å². The highest BCUT2D eigenvalue weighted by atomic mass is 16.5. The van der Waals surface area contributed by atoms with Gasteiger partial charge in [-0.05, 0) is 42.7 Å². The zero-order valence-corrected chi connectivity index (χ0v) is 15.7. The predicted octanol–water partition coefficient (Wildman–Crippen LogP) is 3.50. The van der Waals surface area contributed by atoms with Gasteiger partial charge < -0.3 is 15.4 Å². The summed E-state index contributed by atoms with van der Waals surface area (Å²) in [5, 5.41) is 5.54. The van der Waals surface area contributed by atoms with Crippen LogP contribution in [0.2, 0.25) is 0 Å². The summed E-state index contributed by atoms with van der Waals surface area (Å²) in [5.74, 6) is -0.676. The van der Waals surface area contributed by atoms with Crippen molar-refractivity contribution < 1.29 is 19.1 Å². The monoisotopic (exact) mass is 368 g/mol. The second kappa shape index (κ2) is 9.52. The van der Waals surface area contributed by atoms with Gasteiger partial charge in [-0.1, -0.05) is 32.0 Å². The fraction of sp³-hybridized carbons (Fsp3) is 0.286. The second-order valence-electron chi connectivity index (χ2n) is 6.51. The Balaban J connectivity index is 2.12. The van der Waals surface area contributed by atoms with Crippen molar-refractivity contribution >= 4 is 23.5 Å². The molecule has 2 aromatic carbocycles. The van der Waals surface area contributed by atoms with Crippen LogP contribution in [0.25, 0.3) is 0 Å². The number of rotatable bonds is 7. The third-order valence-corrected chi connectivity index (χ3v) is 3.97. The Bertz CT molecular complexity index is 830. The smallest absolute Gasteiger partial charge is 0.339 e. The molecule has 0 radical (unpaired) electrons. The largest absolute Gasteiger partial charge is 0.465 e. The number of hydrogen-bond donors (Lipinski definition) is 2. The third-order valence-electron chi connectivity index (χ3n) is 3.97. The molecule has 2 rings (SSSR count). The minimum absolute atomic E-state index is 0.222. The van der Waals surface area contributed by atoms with Crippen molar-refractivity contribution in [1.29, 1.82) is 0 Å². The number of esters is 1. The fourth-order valence-electron chi connectivity index (χ4n) is 2.45. The zero-order valence-electron chi connectivity index (χ0n) is 15.7. The van der Waals surface area contributed by atoms with Crippen LogP contribution < -0.4 is 10.6 Å². The normalized spacial score (nSPS) is 10.4. The summed E-state index contributed by atoms with van der Waals surface area (Å²) < 4.78 is 4.73. The van der Waals surface area contributed by atoms with Gasteiger partial charge in [0, 0.05) is 17.7 Å². The van der Waals surface area contributed by atoms with Crippen LogP contribution in [0.5, 0.6) is 0 Å². The molecule has 2 aromatic rings. The number of para-hydroxylation sites is 1. The van der Waals surface area contributed by atoms with E-state index >= 15 is 0 Å². The molecule has 142 valence electrons. The Kier molecular flexibility index (Phi) is 7.11. The van der Waals surface area contributed by atoms with Crippen molar-refractivity contribution in [2.45, 2.75) is 20.3 Å². The van der Waals surface area contributed by atoms with Gasteiger partial charge in [0.1, 0.15) is 0 Å². The molecular formula is C21H24N2O4. The molecule has 0 spiro atoms. The highest BCUT2D eigenvalue weighted by molar-refractivity contribution is 6.09. The third kappa shape index (κ3) is 5.67. The minimum atomic E-state index is -0.538. The summed E-state index contributed by atoms with van der Waals surface area (Å²) in [5.41, 5.74) is 1.34. The number of carbonyl (C=O) groups is 3. The van der Waals surface area contributed by atoms with Crippen LogP contribution in [-0.4, -0.2) is 31.4 Å². The summed E-state index contributed by atoms with van der Waals surface area (Å²) in [6.07, 6.45) is 0.885. The van der Waals surface area contributed by atoms with E-state index in [-0.39, 0.29) is 11.5 Å². The Hall–Kier alpha value is -3.15. The van der Waals surface area contributed by atoms with Gasteiger partial charge >= 0.3 is 5.97 Å². The van der Waals surface area contributed by atoms with Crippen molar-refractivity contribution in [1.82, 2.24) is 5.32 Å². The zero-order chi connectivity index (χ0) is 19.8. The summed E-state index contributed by atoms with van der Waals surface area (Å²) in [7, 11) is 1.28. The lowest BCUT2D eigenvalue weighted by Gasteiger charge is -2.11. The molecule has 2 N–H and O–H groups in total. The Labute approximate surface area is 158 Å². The van der Waals surface area contributed by atoms with Crippen LogP contribution in [0.3, 0.4) is 0 Å². The number of hydrogen-bond acceptors (Lipinski definition) is 4. The topological polar surface area (TPSA) is 84.5 Å². The lowest BCUT2D eigenvalue weighted by Crippen LogP contribution is -2.25. The standard InChI is InChI=1S/C21H24N2O4/c1-14(2)11-12-22-19(24)15-7-6-8-16(13-15)20(25)23-18-10-5-4-9-17(18)21(26)27-3/h4-10,13-14H,11-12H2,1-3H3,(H,22,24)(H,23,25). The molecule has 6 nitrogen and oxygen atoms in total. The van der Waals surface area contributed by atoms with E-state index in [2.05, 4.69) is 24.5 Å². The van der Waals surface area contributed by atoms with Gasteiger partial charge in [0.25, 0.3) is 11.8 Å². The SMILES string of the molecule is COC(=O)c1ccccc1NC(=O)c1cccc(C(=O)NCCC(C)C)c1. The van der Waals surface area contributed by atoms with E-state index in [1.165, 1.54) is 13.2 Å². The lowest BCUT2D eigenvalue weighted by molar-refractivity contribution is 0.0601. The van der Waals surface area contributed by atoms with E-state index < -0.39 is 11.9 Å². The van der Waals surface area contributed by atoms with Gasteiger partial charge in [-0.3, -0.25) is 9.59 Å². The average Bonchev–Trinajstić information content (AvgIpc) is 2.67. The second-order valence-corrected chi connectivity index (χ2v) is 6.51. The molecule has 0 aliphatic carbocycles. The molecule has 2 amide bonds. The first-order valence-corrected chi connectivity index (χ1v) is 8.79. The number of benzene rings is 2. The van der Waals surface area contributed by atoms with E-state index in [4.69, 9.17) is 4.74 Å². The Morgan fingerprint density at radius 2 is 1.63 bits per heavy atom. The number of methoxy groups -OCH3 is 1. The van der Waals surface area contributed by atoms with Gasteiger partial charge in [0.05, 0.1) is 18.4 Å². The number of ether oxygens (including phenoxy) is 1. The lowest BCUT2D eigenvalue weighted by atomic mass is 10.1. The molecular weight excluding hydrogens is 344 g/mol. The van der Waals surface area contributed by atoms with Crippen LogP contribution in [0.4, 0.5) is 5.69 Å². The maximum absolute atomic E-state index is 12.6. The molecule has 0 saturated heterocycles. The first kappa shape index (κ1) is 20.2. The van der Waals surface area contributed by atoms with Crippen molar-refractivity contribution in [2.24, 2.45) is 5.92 Å². The summed E-state index contributed by atoms with van der Waals surface area (Å²) in [6, 6.07) is 13.0. The summed E-state index contributed by atoms with van der Waals surface area (Å²) in [6.45, 7) is 4.76. The van der Waals surface area contributed by atoms with Crippen LogP contribution >= 0.6 is 0 Å². The summed E-state index contributed by atoms with van der Waals surface area (Å²) >= 11 is 0. The van der Waals surface area contributed by atoms with E-state index in [9.17, 15) is 14.4 Å². The quantitative estimate of drug-likeness (QED) is 0.733. The van der Waals surface area contributed by atoms with Crippen molar-refractivity contribution in [3.63, 3.8) is 0 Å². The van der Waals surface area contributed by atoms with E-state index in [0.29, 0.717) is 29.3 Å². The van der Waals surface area contributed by atoms with Gasteiger partial charge in [-0.25, -0.2) is 4.79 Å². The molecule has 0 atom stereocenters. The van der Waals surface area contributed by atoms with Crippen LogP contribution in [-0.2, 0) is 4.74 Å². The molecule has 6 heteroatoms.